The molecule has 1 rings (SSSR count). The first-order chi connectivity index (χ1) is 11.5. The second-order valence-electron chi connectivity index (χ2n) is 6.31. The second-order valence-corrected chi connectivity index (χ2v) is 6.31. The summed E-state index contributed by atoms with van der Waals surface area (Å²) in [6.45, 7) is 9.37. The molecule has 0 radical (unpaired) electrons. The third-order valence-corrected chi connectivity index (χ3v) is 3.61. The van der Waals surface area contributed by atoms with Crippen LogP contribution in [0.2, 0.25) is 0 Å². The molecule has 0 heterocycles. The van der Waals surface area contributed by atoms with E-state index in [0.717, 1.165) is 18.5 Å². The van der Waals surface area contributed by atoms with Crippen molar-refractivity contribution < 1.29 is 24.7 Å². The number of carbonyl (C=O) groups is 1. The van der Waals surface area contributed by atoms with Gasteiger partial charge in [0.1, 0.15) is 6.61 Å². The molecule has 1 aromatic rings. The molecule has 1 unspecified atom stereocenters. The van der Waals surface area contributed by atoms with Crippen molar-refractivity contribution in [3.63, 3.8) is 0 Å². The quantitative estimate of drug-likeness (QED) is 0.466. The van der Waals surface area contributed by atoms with Crippen LogP contribution in [-0.2, 0) is 25.4 Å². The number of carbonyl (C=O) groups excluding carboxylic acids is 1. The lowest BCUT2D eigenvalue weighted by Crippen LogP contribution is -2.52. The normalized spacial score (nSPS) is 12.4. The van der Waals surface area contributed by atoms with Gasteiger partial charge in [-0.05, 0) is 30.4 Å². The Morgan fingerprint density at radius 1 is 0.958 bits per heavy atom. The van der Waals surface area contributed by atoms with Gasteiger partial charge in [0.2, 0.25) is 0 Å². The van der Waals surface area contributed by atoms with Crippen molar-refractivity contribution in [3.05, 3.63) is 35.4 Å². The lowest BCUT2D eigenvalue weighted by molar-refractivity contribution is -0.374. The molecule has 0 amide bonds. The van der Waals surface area contributed by atoms with Gasteiger partial charge in [0.05, 0.1) is 38.9 Å². The Morgan fingerprint density at radius 3 is 2.12 bits per heavy atom. The molecule has 0 saturated carbocycles. The Bertz CT molecular complexity index is 459. The highest BCUT2D eigenvalue weighted by molar-refractivity contribution is 5.77. The summed E-state index contributed by atoms with van der Waals surface area (Å²) in [7, 11) is 0. The topological polar surface area (TPSA) is 72.4 Å². The maximum atomic E-state index is 12.1. The number of quaternary nitrogens is 1. The Kier molecular flexibility index (Phi) is 10.3. The van der Waals surface area contributed by atoms with Crippen LogP contribution in [-0.4, -0.2) is 45.5 Å². The van der Waals surface area contributed by atoms with Crippen LogP contribution in [0.4, 0.5) is 0 Å². The minimum Gasteiger partial charge on any atom is -0.463 e. The molecule has 24 heavy (non-hydrogen) atoms. The van der Waals surface area contributed by atoms with Gasteiger partial charge >= 0.3 is 5.97 Å². The fourth-order valence-corrected chi connectivity index (χ4v) is 2.30. The molecule has 5 nitrogen and oxygen atoms in total. The maximum Gasteiger partial charge on any atom is 0.313 e. The van der Waals surface area contributed by atoms with E-state index in [4.69, 9.17) is 14.2 Å². The van der Waals surface area contributed by atoms with Crippen molar-refractivity contribution in [2.75, 3.05) is 39.6 Å². The van der Waals surface area contributed by atoms with Gasteiger partial charge < -0.3 is 19.9 Å². The van der Waals surface area contributed by atoms with Gasteiger partial charge in [0.15, 0.2) is 0 Å². The molecule has 0 spiro atoms. The van der Waals surface area contributed by atoms with Gasteiger partial charge in [-0.25, -0.2) is 0 Å². The van der Waals surface area contributed by atoms with Crippen LogP contribution in [0.1, 0.15) is 37.8 Å². The molecule has 0 bridgehead atoms. The van der Waals surface area contributed by atoms with Crippen LogP contribution < -0.4 is 5.73 Å². The van der Waals surface area contributed by atoms with Crippen LogP contribution in [0.15, 0.2) is 24.3 Å². The zero-order valence-corrected chi connectivity index (χ0v) is 15.3. The van der Waals surface area contributed by atoms with Crippen molar-refractivity contribution in [2.24, 2.45) is 5.92 Å². The molecule has 0 saturated heterocycles. The van der Waals surface area contributed by atoms with Crippen molar-refractivity contribution in [1.82, 2.24) is 0 Å². The number of ether oxygens (including phenoxy) is 3. The molecule has 0 aromatic heterocycles. The van der Waals surface area contributed by atoms with Crippen molar-refractivity contribution in [1.29, 1.82) is 0 Å². The van der Waals surface area contributed by atoms with Crippen molar-refractivity contribution in [3.8, 4) is 0 Å². The van der Waals surface area contributed by atoms with E-state index in [9.17, 15) is 4.79 Å². The minimum atomic E-state index is -0.265. The summed E-state index contributed by atoms with van der Waals surface area (Å²) < 4.78 is 15.9. The van der Waals surface area contributed by atoms with E-state index in [1.807, 2.05) is 19.1 Å². The first kappa shape index (κ1) is 20.6. The van der Waals surface area contributed by atoms with E-state index >= 15 is 0 Å². The first-order valence-electron chi connectivity index (χ1n) is 8.74. The molecule has 0 aliphatic heterocycles. The lowest BCUT2D eigenvalue weighted by Gasteiger charge is -2.13. The van der Waals surface area contributed by atoms with Gasteiger partial charge in [0, 0.05) is 0 Å². The molecule has 1 aromatic carbocycles. The minimum absolute atomic E-state index is 0.219. The van der Waals surface area contributed by atoms with E-state index in [1.165, 1.54) is 5.56 Å². The van der Waals surface area contributed by atoms with E-state index in [2.05, 4.69) is 31.7 Å². The van der Waals surface area contributed by atoms with Crippen LogP contribution in [0.5, 0.6) is 0 Å². The van der Waals surface area contributed by atoms with Crippen molar-refractivity contribution in [2.45, 2.75) is 33.1 Å². The predicted octanol–water partition coefficient (Wildman–Crippen LogP) is 1.81. The van der Waals surface area contributed by atoms with Gasteiger partial charge in [-0.2, -0.15) is 0 Å². The number of hydrogen-bond acceptors (Lipinski definition) is 4. The molecule has 1 atom stereocenters. The molecule has 5 heteroatoms. The summed E-state index contributed by atoms with van der Waals surface area (Å²) in [6, 6.07) is 8.21. The predicted molar refractivity (Wildman–Crippen MR) is 93.8 cm³/mol. The summed E-state index contributed by atoms with van der Waals surface area (Å²) in [4.78, 5) is 12.1. The van der Waals surface area contributed by atoms with Crippen LogP contribution in [0.25, 0.3) is 0 Å². The maximum absolute atomic E-state index is 12.1. The fraction of sp³-hybridized carbons (Fsp3) is 0.632. The summed E-state index contributed by atoms with van der Waals surface area (Å²) in [5.74, 6) is 0.143. The van der Waals surface area contributed by atoms with E-state index in [0.29, 0.717) is 32.3 Å². The summed E-state index contributed by atoms with van der Waals surface area (Å²) in [5, 5.41) is 0. The van der Waals surface area contributed by atoms with Gasteiger partial charge in [-0.1, -0.05) is 38.1 Å². The van der Waals surface area contributed by atoms with Crippen molar-refractivity contribution >= 4 is 5.97 Å². The lowest BCUT2D eigenvalue weighted by atomic mass is 9.97. The SMILES string of the molecule is CC(C)Cc1ccc(C(C)C(=O)OCCOCCOCC[NH3+])cc1. The first-order valence-corrected chi connectivity index (χ1v) is 8.74. The molecular weight excluding hydrogens is 306 g/mol. The Labute approximate surface area is 145 Å². The number of hydrogen-bond donors (Lipinski definition) is 1. The van der Waals surface area contributed by atoms with Gasteiger partial charge in [0.25, 0.3) is 0 Å². The Hall–Kier alpha value is -1.43. The number of rotatable bonds is 12. The van der Waals surface area contributed by atoms with Crippen LogP contribution in [0.3, 0.4) is 0 Å². The molecule has 0 aliphatic carbocycles. The Morgan fingerprint density at radius 2 is 1.54 bits per heavy atom. The number of benzene rings is 1. The van der Waals surface area contributed by atoms with E-state index in [-0.39, 0.29) is 18.5 Å². The van der Waals surface area contributed by atoms with E-state index in [1.54, 1.807) is 0 Å². The van der Waals surface area contributed by atoms with E-state index < -0.39 is 0 Å². The second kappa shape index (κ2) is 12.0. The number of esters is 1. The largest absolute Gasteiger partial charge is 0.463 e. The van der Waals surface area contributed by atoms with Gasteiger partial charge in [-0.15, -0.1) is 0 Å². The molecular formula is C19H32NO4+. The third-order valence-electron chi connectivity index (χ3n) is 3.61. The molecule has 136 valence electrons. The molecule has 0 fully saturated rings. The average Bonchev–Trinajstić information content (AvgIpc) is 2.56. The van der Waals surface area contributed by atoms with Crippen LogP contribution in [0, 0.1) is 5.92 Å². The molecule has 3 N–H and O–H groups in total. The summed E-state index contributed by atoms with van der Waals surface area (Å²) >= 11 is 0. The summed E-state index contributed by atoms with van der Waals surface area (Å²) in [5.41, 5.74) is 5.96. The zero-order chi connectivity index (χ0) is 17.8. The third kappa shape index (κ3) is 8.43. The summed E-state index contributed by atoms with van der Waals surface area (Å²) in [6.07, 6.45) is 1.05. The zero-order valence-electron chi connectivity index (χ0n) is 15.3. The van der Waals surface area contributed by atoms with Crippen LogP contribution >= 0.6 is 0 Å². The standard InChI is InChI=1S/C19H31NO4/c1-15(2)14-17-4-6-18(7-5-17)16(3)19(21)24-13-12-23-11-10-22-9-8-20/h4-7,15-16H,8-14,20H2,1-3H3/p+1. The fourth-order valence-electron chi connectivity index (χ4n) is 2.30. The highest BCUT2D eigenvalue weighted by Crippen LogP contribution is 2.18. The smallest absolute Gasteiger partial charge is 0.313 e. The highest BCUT2D eigenvalue weighted by Gasteiger charge is 2.16. The monoisotopic (exact) mass is 338 g/mol. The highest BCUT2D eigenvalue weighted by atomic mass is 16.6. The Balaban J connectivity index is 2.24. The van der Waals surface area contributed by atoms with Gasteiger partial charge in [-0.3, -0.25) is 4.79 Å². The molecule has 0 aliphatic rings. The average molecular weight is 338 g/mol.